The third kappa shape index (κ3) is 6.26. The van der Waals surface area contributed by atoms with Crippen LogP contribution in [0.15, 0.2) is 61.2 Å². The van der Waals surface area contributed by atoms with Crippen molar-refractivity contribution in [2.24, 2.45) is 0 Å². The maximum Gasteiger partial charge on any atom is 0.323 e. The van der Waals surface area contributed by atoms with Gasteiger partial charge in [-0.05, 0) is 35.4 Å². The molecule has 0 heterocycles. The minimum absolute atomic E-state index is 0.0916. The van der Waals surface area contributed by atoms with E-state index in [1.807, 2.05) is 0 Å². The molecule has 0 atom stereocenters. The second kappa shape index (κ2) is 9.63. The van der Waals surface area contributed by atoms with Gasteiger partial charge in [0, 0.05) is 11.6 Å². The lowest BCUT2D eigenvalue weighted by atomic mass is 10.1. The monoisotopic (exact) mass is 373 g/mol. The van der Waals surface area contributed by atoms with E-state index >= 15 is 0 Å². The molecule has 0 aliphatic carbocycles. The summed E-state index contributed by atoms with van der Waals surface area (Å²) in [6, 6.07) is 14.1. The van der Waals surface area contributed by atoms with E-state index in [1.54, 1.807) is 54.6 Å². The highest BCUT2D eigenvalue weighted by atomic mass is 35.5. The molecule has 2 aromatic carbocycles. The van der Waals surface area contributed by atoms with Crippen LogP contribution in [0.3, 0.4) is 0 Å². The number of carboxylic acid groups (broad SMARTS) is 1. The van der Waals surface area contributed by atoms with E-state index in [9.17, 15) is 9.59 Å². The average molecular weight is 374 g/mol. The van der Waals surface area contributed by atoms with Gasteiger partial charge in [0.2, 0.25) is 5.91 Å². The topological polar surface area (TPSA) is 66.8 Å². The van der Waals surface area contributed by atoms with Gasteiger partial charge >= 0.3 is 5.97 Å². The van der Waals surface area contributed by atoms with Gasteiger partial charge in [-0.25, -0.2) is 0 Å². The van der Waals surface area contributed by atoms with Crippen molar-refractivity contribution in [2.45, 2.75) is 13.0 Å². The van der Waals surface area contributed by atoms with Crippen LogP contribution in [0.5, 0.6) is 5.75 Å². The number of carbonyl (C=O) groups is 2. The molecule has 1 N–H and O–H groups in total. The number of carboxylic acids is 1. The molecule has 0 aliphatic heterocycles. The zero-order valence-electron chi connectivity index (χ0n) is 14.2. The van der Waals surface area contributed by atoms with E-state index in [0.29, 0.717) is 17.4 Å². The second-order valence-electron chi connectivity index (χ2n) is 5.69. The fourth-order valence-corrected chi connectivity index (χ4v) is 2.61. The molecule has 0 saturated heterocycles. The van der Waals surface area contributed by atoms with Crippen LogP contribution >= 0.6 is 11.6 Å². The van der Waals surface area contributed by atoms with Crippen LogP contribution in [-0.2, 0) is 22.6 Å². The third-order valence-electron chi connectivity index (χ3n) is 3.59. The fraction of sp³-hybridized carbons (Fsp3) is 0.200. The highest BCUT2D eigenvalue weighted by Crippen LogP contribution is 2.16. The Morgan fingerprint density at radius 1 is 1.15 bits per heavy atom. The van der Waals surface area contributed by atoms with Crippen LogP contribution < -0.4 is 4.74 Å². The Morgan fingerprint density at radius 2 is 1.88 bits per heavy atom. The summed E-state index contributed by atoms with van der Waals surface area (Å²) < 4.78 is 5.41. The average Bonchev–Trinajstić information content (AvgIpc) is 2.60. The summed E-state index contributed by atoms with van der Waals surface area (Å²) in [5, 5.41) is 9.66. The molecule has 2 aromatic rings. The molecule has 6 heteroatoms. The van der Waals surface area contributed by atoms with Crippen molar-refractivity contribution in [1.82, 2.24) is 4.90 Å². The predicted octanol–water partition coefficient (Wildman–Crippen LogP) is 3.56. The number of carbonyl (C=O) groups excluding carboxylic acids is 1. The molecule has 0 bridgehead atoms. The fourth-order valence-electron chi connectivity index (χ4n) is 2.40. The van der Waals surface area contributed by atoms with Crippen LogP contribution in [0.1, 0.15) is 11.1 Å². The van der Waals surface area contributed by atoms with Gasteiger partial charge in [-0.1, -0.05) is 48.5 Å². The first-order chi connectivity index (χ1) is 12.5. The van der Waals surface area contributed by atoms with Gasteiger partial charge in [0.15, 0.2) is 0 Å². The van der Waals surface area contributed by atoms with Crippen molar-refractivity contribution in [3.8, 4) is 5.75 Å². The molecule has 136 valence electrons. The zero-order valence-corrected chi connectivity index (χ0v) is 15.0. The molecule has 2 rings (SSSR count). The Hall–Kier alpha value is -2.79. The number of hydrogen-bond acceptors (Lipinski definition) is 3. The quantitative estimate of drug-likeness (QED) is 0.682. The first-order valence-electron chi connectivity index (χ1n) is 8.04. The normalized spacial score (nSPS) is 10.2. The highest BCUT2D eigenvalue weighted by Gasteiger charge is 2.18. The molecule has 0 spiro atoms. The third-order valence-corrected chi connectivity index (χ3v) is 3.82. The van der Waals surface area contributed by atoms with E-state index in [2.05, 4.69) is 6.58 Å². The summed E-state index contributed by atoms with van der Waals surface area (Å²) in [4.78, 5) is 25.0. The lowest BCUT2D eigenvalue weighted by Crippen LogP contribution is -2.36. The molecule has 0 aliphatic rings. The SMILES string of the molecule is C=CCOc1ccc(CN(CC(=O)O)C(=O)Cc2cccc(Cl)c2)cc1. The number of rotatable bonds is 9. The second-order valence-corrected chi connectivity index (χ2v) is 6.13. The Labute approximate surface area is 157 Å². The maximum absolute atomic E-state index is 12.6. The number of ether oxygens (including phenoxy) is 1. The van der Waals surface area contributed by atoms with Crippen molar-refractivity contribution in [3.63, 3.8) is 0 Å². The molecule has 0 aromatic heterocycles. The molecular formula is C20H20ClNO4. The van der Waals surface area contributed by atoms with Crippen LogP contribution in [0.2, 0.25) is 5.02 Å². The Balaban J connectivity index is 2.07. The predicted molar refractivity (Wildman–Crippen MR) is 100 cm³/mol. The molecule has 0 unspecified atom stereocenters. The van der Waals surface area contributed by atoms with Crippen LogP contribution in [-0.4, -0.2) is 35.0 Å². The van der Waals surface area contributed by atoms with Gasteiger partial charge in [0.25, 0.3) is 0 Å². The van der Waals surface area contributed by atoms with Crippen LogP contribution in [0.25, 0.3) is 0 Å². The summed E-state index contributed by atoms with van der Waals surface area (Å²) in [6.07, 6.45) is 1.74. The van der Waals surface area contributed by atoms with Gasteiger partial charge in [0.1, 0.15) is 18.9 Å². The summed E-state index contributed by atoms with van der Waals surface area (Å²) in [6.45, 7) is 3.83. The molecular weight excluding hydrogens is 354 g/mol. The number of halogens is 1. The van der Waals surface area contributed by atoms with Crippen molar-refractivity contribution >= 4 is 23.5 Å². The number of benzene rings is 2. The minimum Gasteiger partial charge on any atom is -0.490 e. The summed E-state index contributed by atoms with van der Waals surface area (Å²) in [5.41, 5.74) is 1.56. The largest absolute Gasteiger partial charge is 0.490 e. The summed E-state index contributed by atoms with van der Waals surface area (Å²) in [5.74, 6) is -0.652. The first-order valence-corrected chi connectivity index (χ1v) is 8.42. The van der Waals surface area contributed by atoms with Crippen LogP contribution in [0.4, 0.5) is 0 Å². The standard InChI is InChI=1S/C20H20ClNO4/c1-2-10-26-18-8-6-15(7-9-18)13-22(14-20(24)25)19(23)12-16-4-3-5-17(21)11-16/h2-9,11H,1,10,12-14H2,(H,24,25). The van der Waals surface area contributed by atoms with Crippen molar-refractivity contribution in [2.75, 3.05) is 13.2 Å². The van der Waals surface area contributed by atoms with Crippen molar-refractivity contribution < 1.29 is 19.4 Å². The van der Waals surface area contributed by atoms with E-state index in [4.69, 9.17) is 21.4 Å². The van der Waals surface area contributed by atoms with E-state index < -0.39 is 5.97 Å². The molecule has 1 amide bonds. The number of amides is 1. The molecule has 5 nitrogen and oxygen atoms in total. The minimum atomic E-state index is -1.06. The molecule has 0 radical (unpaired) electrons. The number of nitrogens with zero attached hydrogens (tertiary/aromatic N) is 1. The zero-order chi connectivity index (χ0) is 18.9. The lowest BCUT2D eigenvalue weighted by Gasteiger charge is -2.21. The summed E-state index contributed by atoms with van der Waals surface area (Å²) >= 11 is 5.94. The van der Waals surface area contributed by atoms with Gasteiger partial charge in [-0.2, -0.15) is 0 Å². The van der Waals surface area contributed by atoms with E-state index in [-0.39, 0.29) is 25.4 Å². The Morgan fingerprint density at radius 3 is 2.50 bits per heavy atom. The van der Waals surface area contributed by atoms with E-state index in [0.717, 1.165) is 11.1 Å². The van der Waals surface area contributed by atoms with Crippen molar-refractivity contribution in [1.29, 1.82) is 0 Å². The molecule has 0 fully saturated rings. The Bertz CT molecular complexity index is 774. The maximum atomic E-state index is 12.6. The van der Waals surface area contributed by atoms with Crippen molar-refractivity contribution in [3.05, 3.63) is 77.3 Å². The van der Waals surface area contributed by atoms with Gasteiger partial charge in [0.05, 0.1) is 6.42 Å². The van der Waals surface area contributed by atoms with Gasteiger partial charge < -0.3 is 14.7 Å². The van der Waals surface area contributed by atoms with E-state index in [1.165, 1.54) is 4.90 Å². The molecule has 0 saturated carbocycles. The smallest absolute Gasteiger partial charge is 0.323 e. The number of hydrogen-bond donors (Lipinski definition) is 1. The number of aliphatic carboxylic acids is 1. The molecule has 26 heavy (non-hydrogen) atoms. The van der Waals surface area contributed by atoms with Crippen LogP contribution in [0, 0.1) is 0 Å². The first kappa shape index (κ1) is 19.5. The lowest BCUT2D eigenvalue weighted by molar-refractivity contribution is -0.144. The highest BCUT2D eigenvalue weighted by molar-refractivity contribution is 6.30. The van der Waals surface area contributed by atoms with Gasteiger partial charge in [-0.3, -0.25) is 9.59 Å². The summed E-state index contributed by atoms with van der Waals surface area (Å²) in [7, 11) is 0. The Kier molecular flexibility index (Phi) is 7.24. The van der Waals surface area contributed by atoms with Gasteiger partial charge in [-0.15, -0.1) is 0 Å².